The predicted molar refractivity (Wildman–Crippen MR) is 114 cm³/mol. The fraction of sp³-hybridized carbons (Fsp3) is 0.120. The van der Waals surface area contributed by atoms with Crippen LogP contribution in [-0.4, -0.2) is 9.97 Å². The Balaban J connectivity index is 1.88. The molecule has 0 bridgehead atoms. The van der Waals surface area contributed by atoms with Crippen molar-refractivity contribution in [3.63, 3.8) is 0 Å². The van der Waals surface area contributed by atoms with Gasteiger partial charge in [0.05, 0.1) is 11.2 Å². The minimum absolute atomic E-state index is 0.271. The molecule has 130 valence electrons. The van der Waals surface area contributed by atoms with Crippen LogP contribution in [0.4, 0.5) is 0 Å². The van der Waals surface area contributed by atoms with Gasteiger partial charge in [0.15, 0.2) is 0 Å². The van der Waals surface area contributed by atoms with Crippen LogP contribution in [0.1, 0.15) is 25.6 Å². The van der Waals surface area contributed by atoms with E-state index >= 15 is 0 Å². The van der Waals surface area contributed by atoms with Crippen LogP contribution in [-0.2, 0) is 0 Å². The van der Waals surface area contributed by atoms with Crippen LogP contribution in [0, 0.1) is 0 Å². The van der Waals surface area contributed by atoms with Crippen LogP contribution < -0.4 is 0 Å². The van der Waals surface area contributed by atoms with Crippen molar-refractivity contribution in [3.05, 3.63) is 84.7 Å². The Morgan fingerprint density at radius 1 is 0.630 bits per heavy atom. The van der Waals surface area contributed by atoms with Crippen LogP contribution in [0.25, 0.3) is 43.7 Å². The Bertz CT molecular complexity index is 1300. The summed E-state index contributed by atoms with van der Waals surface area (Å²) in [6, 6.07) is 27.8. The predicted octanol–water partition coefficient (Wildman–Crippen LogP) is 6.73. The molecule has 0 aliphatic rings. The molecule has 27 heavy (non-hydrogen) atoms. The largest absolute Gasteiger partial charge is 0.232 e. The van der Waals surface area contributed by atoms with Gasteiger partial charge in [0, 0.05) is 22.3 Å². The van der Waals surface area contributed by atoms with Crippen molar-refractivity contribution >= 4 is 32.4 Å². The maximum Gasteiger partial charge on any atom is 0.132 e. The fourth-order valence-corrected chi connectivity index (χ4v) is 3.70. The fourth-order valence-electron chi connectivity index (χ4n) is 3.70. The van der Waals surface area contributed by atoms with Crippen molar-refractivity contribution in [1.29, 1.82) is 0 Å². The zero-order chi connectivity index (χ0) is 18.4. The highest BCUT2D eigenvalue weighted by molar-refractivity contribution is 6.09. The van der Waals surface area contributed by atoms with E-state index in [9.17, 15) is 0 Å². The third kappa shape index (κ3) is 2.65. The summed E-state index contributed by atoms with van der Waals surface area (Å²) < 4.78 is 0. The zero-order valence-corrected chi connectivity index (χ0v) is 15.5. The summed E-state index contributed by atoms with van der Waals surface area (Å²) in [6.07, 6.45) is 0. The third-order valence-corrected chi connectivity index (χ3v) is 5.15. The topological polar surface area (TPSA) is 25.8 Å². The molecule has 0 spiro atoms. The molecule has 0 saturated carbocycles. The molecule has 0 aliphatic carbocycles. The van der Waals surface area contributed by atoms with Crippen molar-refractivity contribution in [1.82, 2.24) is 9.97 Å². The van der Waals surface area contributed by atoms with Gasteiger partial charge in [-0.1, -0.05) is 80.6 Å². The van der Waals surface area contributed by atoms with Crippen LogP contribution in [0.5, 0.6) is 0 Å². The highest BCUT2D eigenvalue weighted by Crippen LogP contribution is 2.33. The molecule has 2 nitrogen and oxygen atoms in total. The molecule has 4 aromatic carbocycles. The van der Waals surface area contributed by atoms with E-state index in [1.807, 2.05) is 0 Å². The number of aromatic nitrogens is 2. The van der Waals surface area contributed by atoms with Crippen LogP contribution in [0.3, 0.4) is 0 Å². The van der Waals surface area contributed by atoms with Gasteiger partial charge in [0.1, 0.15) is 5.82 Å². The van der Waals surface area contributed by atoms with Gasteiger partial charge in [-0.15, -0.1) is 0 Å². The van der Waals surface area contributed by atoms with Gasteiger partial charge >= 0.3 is 0 Å². The van der Waals surface area contributed by atoms with E-state index in [4.69, 9.17) is 9.97 Å². The van der Waals surface area contributed by atoms with Gasteiger partial charge < -0.3 is 0 Å². The van der Waals surface area contributed by atoms with Crippen LogP contribution in [0.15, 0.2) is 78.9 Å². The average molecular weight is 348 g/mol. The van der Waals surface area contributed by atoms with Gasteiger partial charge in [0.25, 0.3) is 0 Å². The Morgan fingerprint density at radius 3 is 2.15 bits per heavy atom. The summed E-state index contributed by atoms with van der Waals surface area (Å²) in [5.41, 5.74) is 3.19. The first kappa shape index (κ1) is 16.0. The van der Waals surface area contributed by atoms with Crippen molar-refractivity contribution in [2.24, 2.45) is 0 Å². The summed E-state index contributed by atoms with van der Waals surface area (Å²) in [4.78, 5) is 9.91. The Kier molecular flexibility index (Phi) is 3.64. The van der Waals surface area contributed by atoms with E-state index in [0.717, 1.165) is 28.0 Å². The third-order valence-electron chi connectivity index (χ3n) is 5.15. The van der Waals surface area contributed by atoms with Gasteiger partial charge in [-0.25, -0.2) is 9.97 Å². The van der Waals surface area contributed by atoms with E-state index in [1.54, 1.807) is 0 Å². The first-order valence-electron chi connectivity index (χ1n) is 9.39. The second-order valence-electron chi connectivity index (χ2n) is 7.33. The number of nitrogens with zero attached hydrogens (tertiary/aromatic N) is 2. The molecule has 1 aromatic heterocycles. The number of hydrogen-bond acceptors (Lipinski definition) is 2. The molecule has 1 heterocycles. The van der Waals surface area contributed by atoms with Crippen molar-refractivity contribution in [2.75, 3.05) is 0 Å². The molecule has 2 heteroatoms. The molecule has 5 aromatic rings. The molecule has 0 unspecified atom stereocenters. The number of benzene rings is 4. The molecule has 0 fully saturated rings. The molecular formula is C25H20N2. The quantitative estimate of drug-likeness (QED) is 0.331. The molecule has 0 atom stereocenters. The lowest BCUT2D eigenvalue weighted by molar-refractivity contribution is 0.785. The number of hydrogen-bond donors (Lipinski definition) is 0. The van der Waals surface area contributed by atoms with Crippen LogP contribution in [0.2, 0.25) is 0 Å². The first-order valence-corrected chi connectivity index (χ1v) is 9.39. The summed E-state index contributed by atoms with van der Waals surface area (Å²) in [5.74, 6) is 1.16. The Labute approximate surface area is 158 Å². The van der Waals surface area contributed by atoms with Gasteiger partial charge in [-0.3, -0.25) is 0 Å². The molecule has 5 rings (SSSR count). The minimum atomic E-state index is 0.271. The molecule has 0 aliphatic heterocycles. The van der Waals surface area contributed by atoms with Gasteiger partial charge in [-0.05, 0) is 28.3 Å². The van der Waals surface area contributed by atoms with E-state index in [-0.39, 0.29) is 5.92 Å². The highest BCUT2D eigenvalue weighted by Gasteiger charge is 2.14. The second-order valence-corrected chi connectivity index (χ2v) is 7.33. The summed E-state index contributed by atoms with van der Waals surface area (Å²) in [5, 5.41) is 5.97. The normalized spacial score (nSPS) is 11.7. The summed E-state index contributed by atoms with van der Waals surface area (Å²) >= 11 is 0. The number of rotatable bonds is 2. The molecule has 0 saturated heterocycles. The Morgan fingerprint density at radius 2 is 1.33 bits per heavy atom. The second kappa shape index (κ2) is 6.17. The smallest absolute Gasteiger partial charge is 0.132 e. The SMILES string of the molecule is CC(C)c1nc(-c2ccc3ccccc3c2)c2ccc3ccccc3c2n1. The lowest BCUT2D eigenvalue weighted by atomic mass is 9.99. The monoisotopic (exact) mass is 348 g/mol. The summed E-state index contributed by atoms with van der Waals surface area (Å²) in [6.45, 7) is 4.30. The molecular weight excluding hydrogens is 328 g/mol. The van der Waals surface area contributed by atoms with E-state index in [0.29, 0.717) is 0 Å². The van der Waals surface area contributed by atoms with E-state index in [2.05, 4.69) is 92.7 Å². The van der Waals surface area contributed by atoms with Crippen molar-refractivity contribution < 1.29 is 0 Å². The van der Waals surface area contributed by atoms with Crippen molar-refractivity contribution in [2.45, 2.75) is 19.8 Å². The maximum atomic E-state index is 4.97. The molecule has 0 radical (unpaired) electrons. The maximum absolute atomic E-state index is 4.97. The van der Waals surface area contributed by atoms with E-state index < -0.39 is 0 Å². The minimum Gasteiger partial charge on any atom is -0.232 e. The molecule has 0 amide bonds. The first-order chi connectivity index (χ1) is 13.2. The molecule has 0 N–H and O–H groups in total. The van der Waals surface area contributed by atoms with Crippen LogP contribution >= 0.6 is 0 Å². The standard InChI is InChI=1S/C25H20N2/c1-16(2)25-26-23(20-12-11-17-7-3-4-9-19(17)15-20)22-14-13-18-8-5-6-10-21(18)24(22)27-25/h3-16H,1-2H3. The lowest BCUT2D eigenvalue weighted by Gasteiger charge is -2.13. The van der Waals surface area contributed by atoms with Crippen molar-refractivity contribution in [3.8, 4) is 11.3 Å². The van der Waals surface area contributed by atoms with Gasteiger partial charge in [0.2, 0.25) is 0 Å². The highest BCUT2D eigenvalue weighted by atomic mass is 14.9. The van der Waals surface area contributed by atoms with E-state index in [1.165, 1.54) is 21.5 Å². The lowest BCUT2D eigenvalue weighted by Crippen LogP contribution is -2.01. The Hall–Kier alpha value is -3.26. The average Bonchev–Trinajstić information content (AvgIpc) is 2.72. The summed E-state index contributed by atoms with van der Waals surface area (Å²) in [7, 11) is 0. The zero-order valence-electron chi connectivity index (χ0n) is 15.5. The van der Waals surface area contributed by atoms with Gasteiger partial charge in [-0.2, -0.15) is 0 Å². The number of fused-ring (bicyclic) bond motifs is 4.